The zero-order valence-electron chi connectivity index (χ0n) is 7.20. The highest BCUT2D eigenvalue weighted by Crippen LogP contribution is 1.99. The summed E-state index contributed by atoms with van der Waals surface area (Å²) in [6, 6.07) is 0. The Balaban J connectivity index is 2.78. The van der Waals surface area contributed by atoms with Crippen molar-refractivity contribution < 1.29 is 4.92 Å². The van der Waals surface area contributed by atoms with Gasteiger partial charge in [0, 0.05) is 6.08 Å². The summed E-state index contributed by atoms with van der Waals surface area (Å²) in [5.41, 5.74) is 6.17. The molecule has 0 amide bonds. The first kappa shape index (κ1) is 9.85. The van der Waals surface area contributed by atoms with E-state index in [2.05, 4.69) is 9.97 Å². The Labute approximate surface area is 79.9 Å². The maximum atomic E-state index is 9.98. The molecule has 72 valence electrons. The average molecular weight is 192 g/mol. The lowest BCUT2D eigenvalue weighted by Crippen LogP contribution is -1.89. The van der Waals surface area contributed by atoms with Crippen LogP contribution in [0.2, 0.25) is 0 Å². The van der Waals surface area contributed by atoms with Gasteiger partial charge in [-0.1, -0.05) is 0 Å². The molecule has 0 unspecified atom stereocenters. The van der Waals surface area contributed by atoms with Crippen LogP contribution in [0.15, 0.2) is 24.8 Å². The third kappa shape index (κ3) is 3.02. The second-order valence-corrected chi connectivity index (χ2v) is 2.33. The summed E-state index contributed by atoms with van der Waals surface area (Å²) in [4.78, 5) is 17.3. The maximum absolute atomic E-state index is 9.98. The summed E-state index contributed by atoms with van der Waals surface area (Å²) in [6.45, 7) is 0. The summed E-state index contributed by atoms with van der Waals surface area (Å²) >= 11 is 0. The maximum Gasteiger partial charge on any atom is 0.236 e. The first-order valence-electron chi connectivity index (χ1n) is 3.74. The fourth-order valence-electron chi connectivity index (χ4n) is 0.756. The SMILES string of the molecule is NC=Cc1cnc(C=C[N+](=O)[O-])cn1. The van der Waals surface area contributed by atoms with Crippen molar-refractivity contribution in [1.82, 2.24) is 9.97 Å². The average Bonchev–Trinajstić information content (AvgIpc) is 2.17. The van der Waals surface area contributed by atoms with Crippen molar-refractivity contribution in [3.8, 4) is 0 Å². The first-order chi connectivity index (χ1) is 6.72. The Bertz CT molecular complexity index is 369. The number of aromatic nitrogens is 2. The lowest BCUT2D eigenvalue weighted by Gasteiger charge is -1.92. The molecule has 1 heterocycles. The summed E-state index contributed by atoms with van der Waals surface area (Å²) in [6.07, 6.45) is 7.90. The molecule has 0 aliphatic heterocycles. The van der Waals surface area contributed by atoms with Crippen LogP contribution in [0.5, 0.6) is 0 Å². The molecule has 1 rings (SSSR count). The van der Waals surface area contributed by atoms with Crippen LogP contribution in [-0.2, 0) is 0 Å². The second kappa shape index (κ2) is 4.70. The minimum absolute atomic E-state index is 0.427. The number of hydrogen-bond acceptors (Lipinski definition) is 5. The largest absolute Gasteiger partial charge is 0.405 e. The molecule has 0 radical (unpaired) electrons. The van der Waals surface area contributed by atoms with Crippen molar-refractivity contribution in [1.29, 1.82) is 0 Å². The summed E-state index contributed by atoms with van der Waals surface area (Å²) in [5, 5.41) is 9.98. The van der Waals surface area contributed by atoms with E-state index in [4.69, 9.17) is 5.73 Å². The van der Waals surface area contributed by atoms with Crippen molar-refractivity contribution in [2.75, 3.05) is 0 Å². The summed E-state index contributed by atoms with van der Waals surface area (Å²) in [7, 11) is 0. The number of nitrogens with two attached hydrogens (primary N) is 1. The van der Waals surface area contributed by atoms with Gasteiger partial charge in [0.1, 0.15) is 0 Å². The predicted octanol–water partition coefficient (Wildman–Crippen LogP) is 0.653. The van der Waals surface area contributed by atoms with Crippen molar-refractivity contribution in [3.63, 3.8) is 0 Å². The minimum atomic E-state index is -0.560. The molecule has 0 saturated heterocycles. The molecule has 6 heteroatoms. The molecule has 1 aromatic rings. The smallest absolute Gasteiger partial charge is 0.236 e. The van der Waals surface area contributed by atoms with Gasteiger partial charge in [0.05, 0.1) is 28.7 Å². The highest BCUT2D eigenvalue weighted by Gasteiger charge is 1.93. The molecule has 0 atom stereocenters. The quantitative estimate of drug-likeness (QED) is 0.560. The Morgan fingerprint density at radius 2 is 1.86 bits per heavy atom. The fourth-order valence-corrected chi connectivity index (χ4v) is 0.756. The van der Waals surface area contributed by atoms with Gasteiger partial charge in [-0.25, -0.2) is 0 Å². The molecule has 0 aromatic carbocycles. The van der Waals surface area contributed by atoms with Crippen LogP contribution in [0.1, 0.15) is 11.4 Å². The van der Waals surface area contributed by atoms with Crippen molar-refractivity contribution >= 4 is 12.2 Å². The van der Waals surface area contributed by atoms with Gasteiger partial charge in [0.25, 0.3) is 0 Å². The molecule has 0 aliphatic carbocycles. The molecule has 14 heavy (non-hydrogen) atoms. The molecule has 1 aromatic heterocycles. The number of rotatable bonds is 3. The molecule has 0 aliphatic rings. The fraction of sp³-hybridized carbons (Fsp3) is 0. The van der Waals surface area contributed by atoms with E-state index in [0.717, 1.165) is 6.20 Å². The molecule has 0 bridgehead atoms. The topological polar surface area (TPSA) is 94.9 Å². The molecular formula is C8H8N4O2. The zero-order chi connectivity index (χ0) is 10.4. The molecule has 2 N–H and O–H groups in total. The van der Waals surface area contributed by atoms with Crippen LogP contribution in [0, 0.1) is 10.1 Å². The minimum Gasteiger partial charge on any atom is -0.405 e. The molecule has 6 nitrogen and oxygen atoms in total. The predicted molar refractivity (Wildman–Crippen MR) is 51.3 cm³/mol. The monoisotopic (exact) mass is 192 g/mol. The van der Waals surface area contributed by atoms with Crippen molar-refractivity contribution in [3.05, 3.63) is 46.3 Å². The molecule has 0 fully saturated rings. The van der Waals surface area contributed by atoms with Crippen LogP contribution in [0.4, 0.5) is 0 Å². The Kier molecular flexibility index (Phi) is 3.31. The van der Waals surface area contributed by atoms with Crippen molar-refractivity contribution in [2.45, 2.75) is 0 Å². The lowest BCUT2D eigenvalue weighted by atomic mass is 10.4. The van der Waals surface area contributed by atoms with E-state index in [1.54, 1.807) is 6.08 Å². The molecule has 0 saturated carbocycles. The van der Waals surface area contributed by atoms with Crippen LogP contribution < -0.4 is 5.73 Å². The van der Waals surface area contributed by atoms with Crippen LogP contribution >= 0.6 is 0 Å². The van der Waals surface area contributed by atoms with Gasteiger partial charge in [-0.05, 0) is 12.3 Å². The summed E-state index contributed by atoms with van der Waals surface area (Å²) < 4.78 is 0. The van der Waals surface area contributed by atoms with Crippen LogP contribution in [0.25, 0.3) is 12.2 Å². The Morgan fingerprint density at radius 3 is 2.29 bits per heavy atom. The van der Waals surface area contributed by atoms with E-state index in [1.165, 1.54) is 24.7 Å². The Hall–Kier alpha value is -2.24. The van der Waals surface area contributed by atoms with Crippen LogP contribution in [0.3, 0.4) is 0 Å². The van der Waals surface area contributed by atoms with Gasteiger partial charge < -0.3 is 5.73 Å². The van der Waals surface area contributed by atoms with E-state index < -0.39 is 4.92 Å². The van der Waals surface area contributed by atoms with E-state index in [9.17, 15) is 10.1 Å². The van der Waals surface area contributed by atoms with E-state index >= 15 is 0 Å². The van der Waals surface area contributed by atoms with Crippen molar-refractivity contribution in [2.24, 2.45) is 5.73 Å². The Morgan fingerprint density at radius 1 is 1.29 bits per heavy atom. The molecular weight excluding hydrogens is 184 g/mol. The van der Waals surface area contributed by atoms with Gasteiger partial charge in [0.15, 0.2) is 0 Å². The number of hydrogen-bond donors (Lipinski definition) is 1. The van der Waals surface area contributed by atoms with E-state index in [0.29, 0.717) is 11.4 Å². The third-order valence-corrected chi connectivity index (χ3v) is 1.33. The van der Waals surface area contributed by atoms with Gasteiger partial charge in [-0.15, -0.1) is 0 Å². The van der Waals surface area contributed by atoms with E-state index in [-0.39, 0.29) is 0 Å². The van der Waals surface area contributed by atoms with E-state index in [1.807, 2.05) is 0 Å². The number of nitrogens with zero attached hydrogens (tertiary/aromatic N) is 3. The zero-order valence-corrected chi connectivity index (χ0v) is 7.20. The summed E-state index contributed by atoms with van der Waals surface area (Å²) in [5.74, 6) is 0. The van der Waals surface area contributed by atoms with Gasteiger partial charge in [-0.3, -0.25) is 20.1 Å². The lowest BCUT2D eigenvalue weighted by molar-refractivity contribution is -0.401. The molecule has 0 spiro atoms. The van der Waals surface area contributed by atoms with Gasteiger partial charge in [0.2, 0.25) is 6.20 Å². The highest BCUT2D eigenvalue weighted by molar-refractivity contribution is 5.46. The van der Waals surface area contributed by atoms with Crippen LogP contribution in [-0.4, -0.2) is 14.9 Å². The van der Waals surface area contributed by atoms with Gasteiger partial charge >= 0.3 is 0 Å². The third-order valence-electron chi connectivity index (χ3n) is 1.33. The first-order valence-corrected chi connectivity index (χ1v) is 3.74. The van der Waals surface area contributed by atoms with Gasteiger partial charge in [-0.2, -0.15) is 0 Å². The standard InChI is InChI=1S/C8H8N4O2/c9-3-1-7-5-11-8(6-10-7)2-4-12(13)14/h1-6H,9H2. The number of nitro groups is 1. The normalized spacial score (nSPS) is 11.1. The second-order valence-electron chi connectivity index (χ2n) is 2.33. The highest BCUT2D eigenvalue weighted by atomic mass is 16.6.